The van der Waals surface area contributed by atoms with Gasteiger partial charge in [-0.25, -0.2) is 9.97 Å². The van der Waals surface area contributed by atoms with Crippen LogP contribution in [0, 0.1) is 0 Å². The van der Waals surface area contributed by atoms with Crippen molar-refractivity contribution in [1.29, 1.82) is 0 Å². The van der Waals surface area contributed by atoms with E-state index in [4.69, 9.17) is 14.2 Å². The van der Waals surface area contributed by atoms with Crippen molar-refractivity contribution < 1.29 is 19.0 Å². The summed E-state index contributed by atoms with van der Waals surface area (Å²) in [6.45, 7) is 1.01. The van der Waals surface area contributed by atoms with E-state index in [1.165, 1.54) is 0 Å². The van der Waals surface area contributed by atoms with Gasteiger partial charge in [-0.05, 0) is 42.0 Å². The highest BCUT2D eigenvalue weighted by atomic mass is 16.6. The second-order valence-corrected chi connectivity index (χ2v) is 7.06. The topological polar surface area (TPSA) is 82.6 Å². The lowest BCUT2D eigenvalue weighted by molar-refractivity contribution is 0.102. The minimum Gasteiger partial charge on any atom is -0.486 e. The number of ether oxygens (including phenoxy) is 3. The average molecular weight is 425 g/mol. The van der Waals surface area contributed by atoms with Crippen molar-refractivity contribution >= 4 is 11.6 Å². The Bertz CT molecular complexity index is 1240. The van der Waals surface area contributed by atoms with Crippen LogP contribution < -0.4 is 19.5 Å². The lowest BCUT2D eigenvalue weighted by Crippen LogP contribution is -2.16. The molecular formula is C25H19N3O4. The zero-order valence-corrected chi connectivity index (χ0v) is 17.0. The van der Waals surface area contributed by atoms with Gasteiger partial charge in [0.05, 0.1) is 0 Å². The average Bonchev–Trinajstić information content (AvgIpc) is 2.85. The van der Waals surface area contributed by atoms with E-state index in [1.807, 2.05) is 42.5 Å². The molecule has 0 saturated carbocycles. The van der Waals surface area contributed by atoms with E-state index in [9.17, 15) is 4.79 Å². The maximum absolute atomic E-state index is 12.8. The zero-order valence-electron chi connectivity index (χ0n) is 17.0. The van der Waals surface area contributed by atoms with Gasteiger partial charge in [-0.15, -0.1) is 0 Å². The van der Waals surface area contributed by atoms with E-state index in [0.717, 1.165) is 11.1 Å². The molecule has 158 valence electrons. The molecule has 7 nitrogen and oxygen atoms in total. The van der Waals surface area contributed by atoms with Crippen LogP contribution in [0.4, 0.5) is 5.69 Å². The molecule has 1 aromatic heterocycles. The number of fused-ring (bicyclic) bond motifs is 1. The number of benzene rings is 3. The summed E-state index contributed by atoms with van der Waals surface area (Å²) in [7, 11) is 0. The molecule has 1 amide bonds. The van der Waals surface area contributed by atoms with Gasteiger partial charge in [-0.1, -0.05) is 30.3 Å². The van der Waals surface area contributed by atoms with Crippen molar-refractivity contribution in [3.05, 3.63) is 90.8 Å². The van der Waals surface area contributed by atoms with Gasteiger partial charge in [0, 0.05) is 35.3 Å². The van der Waals surface area contributed by atoms with E-state index in [-0.39, 0.29) is 11.9 Å². The molecule has 1 N–H and O–H groups in total. The normalized spacial score (nSPS) is 12.1. The van der Waals surface area contributed by atoms with Gasteiger partial charge in [0.2, 0.25) is 0 Å². The molecule has 3 aromatic carbocycles. The number of nitrogens with one attached hydrogen (secondary N) is 1. The van der Waals surface area contributed by atoms with Crippen LogP contribution in [0.15, 0.2) is 85.2 Å². The summed E-state index contributed by atoms with van der Waals surface area (Å²) in [6.07, 6.45) is 3.34. The summed E-state index contributed by atoms with van der Waals surface area (Å²) >= 11 is 0. The van der Waals surface area contributed by atoms with E-state index < -0.39 is 0 Å². The Kier molecular flexibility index (Phi) is 5.36. The van der Waals surface area contributed by atoms with Gasteiger partial charge in [0.1, 0.15) is 19.0 Å². The van der Waals surface area contributed by atoms with E-state index in [2.05, 4.69) is 15.3 Å². The van der Waals surface area contributed by atoms with Gasteiger partial charge in [-0.3, -0.25) is 4.79 Å². The molecule has 4 aromatic rings. The van der Waals surface area contributed by atoms with Crippen molar-refractivity contribution in [3.63, 3.8) is 0 Å². The molecule has 7 heteroatoms. The van der Waals surface area contributed by atoms with E-state index >= 15 is 0 Å². The molecule has 1 aliphatic rings. The van der Waals surface area contributed by atoms with Crippen LogP contribution in [0.3, 0.4) is 0 Å². The van der Waals surface area contributed by atoms with Crippen LogP contribution >= 0.6 is 0 Å². The molecule has 2 heterocycles. The largest absolute Gasteiger partial charge is 0.486 e. The number of anilines is 1. The molecular weight excluding hydrogens is 406 g/mol. The highest BCUT2D eigenvalue weighted by molar-refractivity contribution is 6.05. The monoisotopic (exact) mass is 425 g/mol. The maximum Gasteiger partial charge on any atom is 0.321 e. The molecule has 0 aliphatic carbocycles. The first-order valence-corrected chi connectivity index (χ1v) is 10.1. The predicted molar refractivity (Wildman–Crippen MR) is 119 cm³/mol. The van der Waals surface area contributed by atoms with Crippen molar-refractivity contribution in [1.82, 2.24) is 9.97 Å². The smallest absolute Gasteiger partial charge is 0.321 e. The summed E-state index contributed by atoms with van der Waals surface area (Å²) in [5.41, 5.74) is 2.75. The minimum absolute atomic E-state index is 0.228. The standard InChI is InChI=1S/C25H19N3O4/c29-24(28-20-9-10-22-23(14-20)31-12-11-30-22)18-6-4-5-17(13-18)19-15-26-25(27-16-19)32-21-7-2-1-3-8-21/h1-10,13-16H,11-12H2,(H,28,29). The number of para-hydroxylation sites is 1. The lowest BCUT2D eigenvalue weighted by atomic mass is 10.1. The number of carbonyl (C=O) groups excluding carboxylic acids is 1. The van der Waals surface area contributed by atoms with Crippen molar-refractivity contribution in [2.45, 2.75) is 0 Å². The molecule has 0 unspecified atom stereocenters. The molecule has 0 saturated heterocycles. The van der Waals surface area contributed by atoms with Gasteiger partial charge in [0.15, 0.2) is 11.5 Å². The van der Waals surface area contributed by atoms with Gasteiger partial charge >= 0.3 is 6.01 Å². The van der Waals surface area contributed by atoms with Crippen molar-refractivity contribution in [2.75, 3.05) is 18.5 Å². The summed E-state index contributed by atoms with van der Waals surface area (Å²) in [5, 5.41) is 2.90. The van der Waals surface area contributed by atoms with Gasteiger partial charge in [-0.2, -0.15) is 0 Å². The third kappa shape index (κ3) is 4.37. The second-order valence-electron chi connectivity index (χ2n) is 7.06. The first-order chi connectivity index (χ1) is 15.7. The van der Waals surface area contributed by atoms with Crippen LogP contribution in [0.1, 0.15) is 10.4 Å². The Balaban J connectivity index is 1.30. The molecule has 0 bridgehead atoms. The Hall–Kier alpha value is -4.39. The van der Waals surface area contributed by atoms with Crippen molar-refractivity contribution in [3.8, 4) is 34.4 Å². The highest BCUT2D eigenvalue weighted by Crippen LogP contribution is 2.32. The third-order valence-electron chi connectivity index (χ3n) is 4.84. The number of carbonyl (C=O) groups is 1. The van der Waals surface area contributed by atoms with E-state index in [1.54, 1.807) is 42.7 Å². The fourth-order valence-corrected chi connectivity index (χ4v) is 3.28. The fraction of sp³-hybridized carbons (Fsp3) is 0.0800. The molecule has 0 atom stereocenters. The second kappa shape index (κ2) is 8.77. The Morgan fingerprint density at radius 2 is 1.59 bits per heavy atom. The van der Waals surface area contributed by atoms with E-state index in [0.29, 0.717) is 41.7 Å². The zero-order chi connectivity index (χ0) is 21.8. The molecule has 0 radical (unpaired) electrons. The van der Waals surface area contributed by atoms with Crippen LogP contribution in [0.5, 0.6) is 23.3 Å². The Labute approximate surface area is 184 Å². The maximum atomic E-state index is 12.8. The Morgan fingerprint density at radius 3 is 2.41 bits per heavy atom. The number of nitrogens with zero attached hydrogens (tertiary/aromatic N) is 2. The molecule has 0 fully saturated rings. The minimum atomic E-state index is -0.228. The fourth-order valence-electron chi connectivity index (χ4n) is 3.28. The van der Waals surface area contributed by atoms with Crippen molar-refractivity contribution in [2.24, 2.45) is 0 Å². The number of rotatable bonds is 5. The molecule has 5 rings (SSSR count). The summed E-state index contributed by atoms with van der Waals surface area (Å²) < 4.78 is 16.7. The number of aromatic nitrogens is 2. The number of hydrogen-bond donors (Lipinski definition) is 1. The van der Waals surface area contributed by atoms with Crippen LogP contribution in [0.25, 0.3) is 11.1 Å². The van der Waals surface area contributed by atoms with Crippen LogP contribution in [-0.2, 0) is 0 Å². The third-order valence-corrected chi connectivity index (χ3v) is 4.84. The number of hydrogen-bond acceptors (Lipinski definition) is 6. The predicted octanol–water partition coefficient (Wildman–Crippen LogP) is 4.96. The first-order valence-electron chi connectivity index (χ1n) is 10.1. The lowest BCUT2D eigenvalue weighted by Gasteiger charge is -2.19. The Morgan fingerprint density at radius 1 is 0.812 bits per heavy atom. The number of amides is 1. The SMILES string of the molecule is O=C(Nc1ccc2c(c1)OCCO2)c1cccc(-c2cnc(Oc3ccccc3)nc2)c1. The first kappa shape index (κ1) is 19.6. The van der Waals surface area contributed by atoms with Crippen LogP contribution in [-0.4, -0.2) is 29.1 Å². The summed E-state index contributed by atoms with van der Waals surface area (Å²) in [4.78, 5) is 21.3. The quantitative estimate of drug-likeness (QED) is 0.487. The summed E-state index contributed by atoms with van der Waals surface area (Å²) in [5.74, 6) is 1.74. The van der Waals surface area contributed by atoms with Gasteiger partial charge < -0.3 is 19.5 Å². The molecule has 32 heavy (non-hydrogen) atoms. The summed E-state index contributed by atoms with van der Waals surface area (Å²) in [6, 6.07) is 22.2. The molecule has 0 spiro atoms. The van der Waals surface area contributed by atoms with Gasteiger partial charge in [0.25, 0.3) is 5.91 Å². The molecule has 1 aliphatic heterocycles. The van der Waals surface area contributed by atoms with Crippen LogP contribution in [0.2, 0.25) is 0 Å². The highest BCUT2D eigenvalue weighted by Gasteiger charge is 2.14.